The van der Waals surface area contributed by atoms with E-state index in [4.69, 9.17) is 16.3 Å². The standard InChI is InChI=1S/C24H22ClNO2/c1-16-13-22-24(21-6-4-3-5-20(16)21)18(14-25)15-26(22)23(27)12-9-17-7-10-19(28-2)11-8-17/h3-13,18H,14-15H2,1-2H3/b12-9+. The molecule has 0 aliphatic carbocycles. The van der Waals surface area contributed by atoms with Crippen molar-refractivity contribution in [1.29, 1.82) is 0 Å². The molecule has 1 aliphatic rings. The number of hydrogen-bond donors (Lipinski definition) is 0. The van der Waals surface area contributed by atoms with Gasteiger partial charge in [0.25, 0.3) is 5.91 Å². The van der Waals surface area contributed by atoms with Crippen LogP contribution in [0.15, 0.2) is 60.7 Å². The molecule has 3 aromatic carbocycles. The number of nitrogens with zero attached hydrogens (tertiary/aromatic N) is 1. The Morgan fingerprint density at radius 3 is 2.57 bits per heavy atom. The van der Waals surface area contributed by atoms with Gasteiger partial charge in [0.05, 0.1) is 7.11 Å². The van der Waals surface area contributed by atoms with Gasteiger partial charge in [-0.15, -0.1) is 11.6 Å². The van der Waals surface area contributed by atoms with Crippen LogP contribution in [0.1, 0.15) is 22.6 Å². The van der Waals surface area contributed by atoms with E-state index < -0.39 is 0 Å². The molecule has 1 atom stereocenters. The van der Waals surface area contributed by atoms with Gasteiger partial charge in [0, 0.05) is 30.1 Å². The average molecular weight is 392 g/mol. The van der Waals surface area contributed by atoms with Gasteiger partial charge >= 0.3 is 0 Å². The summed E-state index contributed by atoms with van der Waals surface area (Å²) in [4.78, 5) is 14.8. The molecule has 0 bridgehead atoms. The third-order valence-corrected chi connectivity index (χ3v) is 5.73. The fourth-order valence-electron chi connectivity index (χ4n) is 3.93. The summed E-state index contributed by atoms with van der Waals surface area (Å²) in [7, 11) is 1.64. The summed E-state index contributed by atoms with van der Waals surface area (Å²) >= 11 is 6.28. The summed E-state index contributed by atoms with van der Waals surface area (Å²) in [5.74, 6) is 1.40. The molecule has 4 rings (SSSR count). The van der Waals surface area contributed by atoms with Crippen LogP contribution < -0.4 is 9.64 Å². The summed E-state index contributed by atoms with van der Waals surface area (Å²) in [5, 5.41) is 2.41. The first-order chi connectivity index (χ1) is 13.6. The van der Waals surface area contributed by atoms with E-state index in [1.807, 2.05) is 47.4 Å². The number of alkyl halides is 1. The van der Waals surface area contributed by atoms with E-state index in [-0.39, 0.29) is 11.8 Å². The van der Waals surface area contributed by atoms with Gasteiger partial charge in [-0.25, -0.2) is 0 Å². The Morgan fingerprint density at radius 2 is 1.89 bits per heavy atom. The highest BCUT2D eigenvalue weighted by Crippen LogP contribution is 2.43. The molecule has 0 saturated carbocycles. The fraction of sp³-hybridized carbons (Fsp3) is 0.208. The largest absolute Gasteiger partial charge is 0.497 e. The Kier molecular flexibility index (Phi) is 5.10. The number of methoxy groups -OCH3 is 1. The zero-order chi connectivity index (χ0) is 19.7. The molecule has 0 saturated heterocycles. The molecule has 0 radical (unpaired) electrons. The van der Waals surface area contributed by atoms with Crippen molar-refractivity contribution in [2.45, 2.75) is 12.8 Å². The number of carbonyl (C=O) groups excluding carboxylic acids is 1. The summed E-state index contributed by atoms with van der Waals surface area (Å²) < 4.78 is 5.17. The molecule has 0 spiro atoms. The molecule has 4 heteroatoms. The molecule has 1 heterocycles. The van der Waals surface area contributed by atoms with Crippen LogP contribution in [0.3, 0.4) is 0 Å². The Labute approximate surface area is 170 Å². The van der Waals surface area contributed by atoms with Gasteiger partial charge in [0.2, 0.25) is 0 Å². The monoisotopic (exact) mass is 391 g/mol. The van der Waals surface area contributed by atoms with Crippen molar-refractivity contribution in [3.8, 4) is 5.75 Å². The second-order valence-electron chi connectivity index (χ2n) is 7.08. The molecule has 0 N–H and O–H groups in total. The first-order valence-corrected chi connectivity index (χ1v) is 9.87. The molecule has 1 amide bonds. The van der Waals surface area contributed by atoms with Crippen molar-refractivity contribution >= 4 is 40.0 Å². The predicted molar refractivity (Wildman–Crippen MR) is 117 cm³/mol. The zero-order valence-electron chi connectivity index (χ0n) is 16.0. The van der Waals surface area contributed by atoms with E-state index in [0.29, 0.717) is 12.4 Å². The minimum Gasteiger partial charge on any atom is -0.497 e. The van der Waals surface area contributed by atoms with Crippen LogP contribution in [0, 0.1) is 6.92 Å². The highest BCUT2D eigenvalue weighted by atomic mass is 35.5. The van der Waals surface area contributed by atoms with Crippen LogP contribution >= 0.6 is 11.6 Å². The van der Waals surface area contributed by atoms with Gasteiger partial charge in [0.1, 0.15) is 5.75 Å². The number of benzene rings is 3. The van der Waals surface area contributed by atoms with Gasteiger partial charge in [-0.1, -0.05) is 36.4 Å². The SMILES string of the molecule is COc1ccc(/C=C/C(=O)N2CC(CCl)c3c2cc(C)c2ccccc32)cc1. The number of rotatable bonds is 4. The fourth-order valence-corrected chi connectivity index (χ4v) is 4.18. The second kappa shape index (κ2) is 7.69. The average Bonchev–Trinajstić information content (AvgIpc) is 3.11. The smallest absolute Gasteiger partial charge is 0.251 e. The van der Waals surface area contributed by atoms with Crippen LogP contribution in [0.2, 0.25) is 0 Å². The normalized spacial score (nSPS) is 16.0. The molecule has 1 unspecified atom stereocenters. The van der Waals surface area contributed by atoms with Crippen molar-refractivity contribution in [2.75, 3.05) is 24.4 Å². The quantitative estimate of drug-likeness (QED) is 0.431. The summed E-state index contributed by atoms with van der Waals surface area (Å²) in [6.45, 7) is 2.70. The summed E-state index contributed by atoms with van der Waals surface area (Å²) in [6.07, 6.45) is 3.47. The topological polar surface area (TPSA) is 29.5 Å². The van der Waals surface area contributed by atoms with E-state index in [0.717, 1.165) is 17.0 Å². The van der Waals surface area contributed by atoms with Crippen molar-refractivity contribution < 1.29 is 9.53 Å². The Hall–Kier alpha value is -2.78. The number of aryl methyl sites for hydroxylation is 1. The van der Waals surface area contributed by atoms with Crippen LogP contribution in [0.25, 0.3) is 16.8 Å². The molecule has 0 aromatic heterocycles. The first kappa shape index (κ1) is 18.6. The van der Waals surface area contributed by atoms with Gasteiger partial charge in [0.15, 0.2) is 0 Å². The van der Waals surface area contributed by atoms with E-state index >= 15 is 0 Å². The van der Waals surface area contributed by atoms with E-state index in [2.05, 4.69) is 25.1 Å². The Morgan fingerprint density at radius 1 is 1.18 bits per heavy atom. The summed E-state index contributed by atoms with van der Waals surface area (Å²) in [6, 6.07) is 18.1. The number of amides is 1. The van der Waals surface area contributed by atoms with E-state index in [9.17, 15) is 4.79 Å². The number of halogens is 1. The zero-order valence-corrected chi connectivity index (χ0v) is 16.7. The summed E-state index contributed by atoms with van der Waals surface area (Å²) in [5.41, 5.74) is 4.28. The molecular weight excluding hydrogens is 370 g/mol. The lowest BCUT2D eigenvalue weighted by atomic mass is 9.93. The van der Waals surface area contributed by atoms with Crippen LogP contribution in [-0.2, 0) is 4.79 Å². The van der Waals surface area contributed by atoms with Gasteiger partial charge in [-0.05, 0) is 58.7 Å². The van der Waals surface area contributed by atoms with Crippen molar-refractivity contribution in [3.63, 3.8) is 0 Å². The minimum absolute atomic E-state index is 0.0284. The lowest BCUT2D eigenvalue weighted by molar-refractivity contribution is -0.114. The van der Waals surface area contributed by atoms with Crippen molar-refractivity contribution in [2.24, 2.45) is 0 Å². The highest BCUT2D eigenvalue weighted by Gasteiger charge is 2.33. The molecule has 142 valence electrons. The maximum Gasteiger partial charge on any atom is 0.251 e. The van der Waals surface area contributed by atoms with E-state index in [1.165, 1.54) is 21.9 Å². The Bertz CT molecular complexity index is 1060. The maximum absolute atomic E-state index is 13.0. The predicted octanol–water partition coefficient (Wildman–Crippen LogP) is 5.54. The maximum atomic E-state index is 13.0. The molecule has 1 aliphatic heterocycles. The lowest BCUT2D eigenvalue weighted by Crippen LogP contribution is -2.28. The van der Waals surface area contributed by atoms with Crippen LogP contribution in [0.5, 0.6) is 5.75 Å². The number of carbonyl (C=O) groups is 1. The third kappa shape index (κ3) is 3.27. The van der Waals surface area contributed by atoms with Crippen LogP contribution in [0.4, 0.5) is 5.69 Å². The third-order valence-electron chi connectivity index (χ3n) is 5.36. The van der Waals surface area contributed by atoms with Crippen LogP contribution in [-0.4, -0.2) is 25.4 Å². The number of fused-ring (bicyclic) bond motifs is 3. The molecule has 28 heavy (non-hydrogen) atoms. The number of anilines is 1. The van der Waals surface area contributed by atoms with Gasteiger partial charge in [-0.3, -0.25) is 4.79 Å². The Balaban J connectivity index is 1.68. The first-order valence-electron chi connectivity index (χ1n) is 9.34. The molecule has 3 aromatic rings. The number of ether oxygens (including phenoxy) is 1. The van der Waals surface area contributed by atoms with Gasteiger partial charge in [-0.2, -0.15) is 0 Å². The highest BCUT2D eigenvalue weighted by molar-refractivity contribution is 6.19. The van der Waals surface area contributed by atoms with Crippen molar-refractivity contribution in [1.82, 2.24) is 0 Å². The molecular formula is C24H22ClNO2. The number of hydrogen-bond acceptors (Lipinski definition) is 2. The van der Waals surface area contributed by atoms with Crippen molar-refractivity contribution in [3.05, 3.63) is 77.4 Å². The lowest BCUT2D eigenvalue weighted by Gasteiger charge is -2.17. The van der Waals surface area contributed by atoms with E-state index in [1.54, 1.807) is 13.2 Å². The minimum atomic E-state index is -0.0284. The molecule has 0 fully saturated rings. The second-order valence-corrected chi connectivity index (χ2v) is 7.39. The van der Waals surface area contributed by atoms with Gasteiger partial charge < -0.3 is 9.64 Å². The molecule has 3 nitrogen and oxygen atoms in total.